The van der Waals surface area contributed by atoms with Crippen LogP contribution in [0.5, 0.6) is 5.88 Å². The zero-order chi connectivity index (χ0) is 32.3. The van der Waals surface area contributed by atoms with Gasteiger partial charge in [-0.15, -0.1) is 11.3 Å². The number of amides is 2. The molecule has 0 radical (unpaired) electrons. The molecule has 2 aromatic heterocycles. The number of unbranched alkanes of at least 4 members (excludes halogenated alkanes) is 3. The van der Waals surface area contributed by atoms with Crippen molar-refractivity contribution in [3.63, 3.8) is 0 Å². The normalized spacial score (nSPS) is 17.0. The lowest BCUT2D eigenvalue weighted by Crippen LogP contribution is -2.48. The number of thiazole rings is 1. The molecule has 3 heterocycles. The first-order valence-electron chi connectivity index (χ1n) is 15.7. The SMILES string of the molecule is CCOC(=O)CCCCCCOc1cc(C(C(=O)N2C[C@H](O)C[C@H]2C(=O)NCc2ccc(-c3scnc3C)cc2)C(C)C)on1. The number of nitrogens with zero attached hydrogens (tertiary/aromatic N) is 3. The molecule has 1 aliphatic heterocycles. The Balaban J connectivity index is 1.29. The number of esters is 1. The van der Waals surface area contributed by atoms with E-state index in [1.54, 1.807) is 24.3 Å². The lowest BCUT2D eigenvalue weighted by Gasteiger charge is -2.28. The van der Waals surface area contributed by atoms with Gasteiger partial charge in [0.2, 0.25) is 11.8 Å². The van der Waals surface area contributed by atoms with Crippen LogP contribution in [0.2, 0.25) is 0 Å². The summed E-state index contributed by atoms with van der Waals surface area (Å²) in [6, 6.07) is 8.78. The summed E-state index contributed by atoms with van der Waals surface area (Å²) in [6.07, 6.45) is 3.14. The summed E-state index contributed by atoms with van der Waals surface area (Å²) in [5.74, 6) is -0.971. The minimum atomic E-state index is -0.801. The molecule has 3 aromatic rings. The molecule has 0 aliphatic carbocycles. The molecule has 244 valence electrons. The number of aromatic nitrogens is 2. The van der Waals surface area contributed by atoms with Crippen molar-refractivity contribution in [3.05, 3.63) is 52.9 Å². The predicted molar refractivity (Wildman–Crippen MR) is 170 cm³/mol. The molecule has 2 amide bonds. The maximum Gasteiger partial charge on any atom is 0.305 e. The maximum absolute atomic E-state index is 13.8. The number of aliphatic hydroxyl groups is 1. The van der Waals surface area contributed by atoms with Gasteiger partial charge in [-0.1, -0.05) is 51.0 Å². The molecule has 1 unspecified atom stereocenters. The average molecular weight is 641 g/mol. The van der Waals surface area contributed by atoms with Gasteiger partial charge in [-0.2, -0.15) is 0 Å². The number of aliphatic hydroxyl groups excluding tert-OH is 1. The van der Waals surface area contributed by atoms with Crippen LogP contribution in [0.4, 0.5) is 0 Å². The van der Waals surface area contributed by atoms with Gasteiger partial charge in [0.05, 0.1) is 35.4 Å². The van der Waals surface area contributed by atoms with Crippen molar-refractivity contribution >= 4 is 29.1 Å². The van der Waals surface area contributed by atoms with Gasteiger partial charge in [0.1, 0.15) is 12.0 Å². The van der Waals surface area contributed by atoms with Crippen LogP contribution in [0, 0.1) is 12.8 Å². The van der Waals surface area contributed by atoms with Crippen LogP contribution in [0.3, 0.4) is 0 Å². The Labute approximate surface area is 268 Å². The largest absolute Gasteiger partial charge is 0.476 e. The average Bonchev–Trinajstić information content (AvgIpc) is 3.76. The number of ether oxygens (including phenoxy) is 2. The van der Waals surface area contributed by atoms with Crippen LogP contribution < -0.4 is 10.1 Å². The number of likely N-dealkylation sites (tertiary alicyclic amines) is 1. The minimum Gasteiger partial charge on any atom is -0.476 e. The fourth-order valence-corrected chi connectivity index (χ4v) is 6.31. The molecule has 1 saturated heterocycles. The number of aryl methyl sites for hydroxylation is 1. The summed E-state index contributed by atoms with van der Waals surface area (Å²) < 4.78 is 16.2. The molecule has 1 aromatic carbocycles. The van der Waals surface area contributed by atoms with Gasteiger partial charge in [0.15, 0.2) is 5.76 Å². The van der Waals surface area contributed by atoms with E-state index in [0.717, 1.165) is 47.4 Å². The van der Waals surface area contributed by atoms with Crippen LogP contribution >= 0.6 is 11.3 Å². The fourth-order valence-electron chi connectivity index (χ4n) is 5.50. The molecule has 2 N–H and O–H groups in total. The molecule has 11 nitrogen and oxygen atoms in total. The quantitative estimate of drug-likeness (QED) is 0.163. The summed E-state index contributed by atoms with van der Waals surface area (Å²) in [7, 11) is 0. The Hall–Kier alpha value is -3.77. The van der Waals surface area contributed by atoms with E-state index in [1.807, 2.05) is 50.5 Å². The lowest BCUT2D eigenvalue weighted by atomic mass is 9.91. The summed E-state index contributed by atoms with van der Waals surface area (Å²) >= 11 is 1.59. The summed E-state index contributed by atoms with van der Waals surface area (Å²) in [4.78, 5) is 45.4. The third kappa shape index (κ3) is 9.37. The lowest BCUT2D eigenvalue weighted by molar-refractivity contribution is -0.143. The Bertz CT molecular complexity index is 1400. The van der Waals surface area contributed by atoms with E-state index >= 15 is 0 Å². The van der Waals surface area contributed by atoms with Crippen LogP contribution in [0.15, 0.2) is 40.4 Å². The molecular formula is C33H44N4O7S. The standard InChI is InChI=1S/C33H44N4O7S/c1-5-42-29(39)10-8-6-7-9-15-43-28-17-27(44-36-28)30(21(2)3)33(41)37-19-25(38)16-26(37)32(40)34-18-23-11-13-24(14-12-23)31-22(4)35-20-45-31/h11-14,17,20-21,25-26,30,38H,5-10,15-16,18-19H2,1-4H3,(H,34,40)/t25-,26+,30?/m1/s1. The highest BCUT2D eigenvalue weighted by Crippen LogP contribution is 2.32. The molecule has 45 heavy (non-hydrogen) atoms. The number of β-amino-alcohol motifs (C(OH)–C–C–N with tert-alkyl or cyclic N) is 1. The minimum absolute atomic E-state index is 0.0662. The fraction of sp³-hybridized carbons (Fsp3) is 0.545. The van der Waals surface area contributed by atoms with Gasteiger partial charge in [-0.25, -0.2) is 4.98 Å². The Morgan fingerprint density at radius 3 is 2.60 bits per heavy atom. The van der Waals surface area contributed by atoms with Gasteiger partial charge in [0, 0.05) is 32.0 Å². The molecule has 0 saturated carbocycles. The molecule has 0 bridgehead atoms. The van der Waals surface area contributed by atoms with E-state index in [-0.39, 0.29) is 36.7 Å². The van der Waals surface area contributed by atoms with Gasteiger partial charge >= 0.3 is 5.97 Å². The number of hydrogen-bond donors (Lipinski definition) is 2. The second-order valence-electron chi connectivity index (χ2n) is 11.7. The summed E-state index contributed by atoms with van der Waals surface area (Å²) in [5, 5.41) is 17.4. The predicted octanol–water partition coefficient (Wildman–Crippen LogP) is 5.02. The van der Waals surface area contributed by atoms with Gasteiger partial charge in [-0.3, -0.25) is 14.4 Å². The third-order valence-corrected chi connectivity index (χ3v) is 8.85. The third-order valence-electron chi connectivity index (χ3n) is 7.87. The van der Waals surface area contributed by atoms with Crippen LogP contribution in [-0.2, 0) is 25.7 Å². The number of hydrogen-bond acceptors (Lipinski definition) is 10. The first-order chi connectivity index (χ1) is 21.7. The molecule has 12 heteroatoms. The monoisotopic (exact) mass is 640 g/mol. The molecule has 1 aliphatic rings. The first-order valence-corrected chi connectivity index (χ1v) is 16.6. The van der Waals surface area contributed by atoms with Crippen molar-refractivity contribution < 1.29 is 33.5 Å². The van der Waals surface area contributed by atoms with Crippen molar-refractivity contribution in [2.75, 3.05) is 19.8 Å². The smallest absolute Gasteiger partial charge is 0.305 e. The van der Waals surface area contributed by atoms with E-state index in [1.165, 1.54) is 4.90 Å². The van der Waals surface area contributed by atoms with Gasteiger partial charge in [0.25, 0.3) is 5.88 Å². The highest BCUT2D eigenvalue weighted by atomic mass is 32.1. The van der Waals surface area contributed by atoms with E-state index in [2.05, 4.69) is 15.5 Å². The molecule has 3 atom stereocenters. The summed E-state index contributed by atoms with van der Waals surface area (Å²) in [6.45, 7) is 8.78. The molecular weight excluding hydrogens is 596 g/mol. The van der Waals surface area contributed by atoms with Crippen LogP contribution in [0.1, 0.15) is 82.2 Å². The van der Waals surface area contributed by atoms with Crippen molar-refractivity contribution in [3.8, 4) is 16.3 Å². The topological polar surface area (TPSA) is 144 Å². The highest BCUT2D eigenvalue weighted by molar-refractivity contribution is 7.13. The Morgan fingerprint density at radius 1 is 1.16 bits per heavy atom. The highest BCUT2D eigenvalue weighted by Gasteiger charge is 2.43. The van der Waals surface area contributed by atoms with Crippen molar-refractivity contribution in [1.29, 1.82) is 0 Å². The van der Waals surface area contributed by atoms with Crippen molar-refractivity contribution in [1.82, 2.24) is 20.4 Å². The van der Waals surface area contributed by atoms with E-state index < -0.39 is 18.1 Å². The summed E-state index contributed by atoms with van der Waals surface area (Å²) in [5.41, 5.74) is 4.80. The van der Waals surface area contributed by atoms with E-state index in [4.69, 9.17) is 14.0 Å². The first kappa shape index (κ1) is 34.1. The zero-order valence-electron chi connectivity index (χ0n) is 26.5. The molecule has 0 spiro atoms. The number of carbonyl (C=O) groups excluding carboxylic acids is 3. The second kappa shape index (κ2) is 16.5. The molecule has 1 fully saturated rings. The Kier molecular flexibility index (Phi) is 12.5. The van der Waals surface area contributed by atoms with E-state index in [0.29, 0.717) is 37.8 Å². The number of carbonyl (C=O) groups is 3. The number of benzene rings is 1. The number of rotatable bonds is 16. The second-order valence-corrected chi connectivity index (χ2v) is 12.5. The zero-order valence-corrected chi connectivity index (χ0v) is 27.3. The molecule has 4 rings (SSSR count). The van der Waals surface area contributed by atoms with Gasteiger partial charge in [-0.05, 0) is 48.9 Å². The van der Waals surface area contributed by atoms with Gasteiger partial charge < -0.3 is 29.3 Å². The number of nitrogens with one attached hydrogen (secondary N) is 1. The van der Waals surface area contributed by atoms with Crippen molar-refractivity contribution in [2.45, 2.75) is 90.8 Å². The Morgan fingerprint density at radius 2 is 1.91 bits per heavy atom. The van der Waals surface area contributed by atoms with Crippen LogP contribution in [0.25, 0.3) is 10.4 Å². The van der Waals surface area contributed by atoms with E-state index in [9.17, 15) is 19.5 Å². The van der Waals surface area contributed by atoms with Crippen LogP contribution in [-0.4, -0.2) is 69.8 Å². The maximum atomic E-state index is 13.8. The van der Waals surface area contributed by atoms with Crippen molar-refractivity contribution in [2.24, 2.45) is 5.92 Å².